The summed E-state index contributed by atoms with van der Waals surface area (Å²) in [6, 6.07) is 9.29. The summed E-state index contributed by atoms with van der Waals surface area (Å²) in [5, 5.41) is 0.934. The van der Waals surface area contributed by atoms with E-state index in [1.54, 1.807) is 6.07 Å². The summed E-state index contributed by atoms with van der Waals surface area (Å²) in [5.74, 6) is 2.51. The summed E-state index contributed by atoms with van der Waals surface area (Å²) in [6.45, 7) is 0. The SMILES string of the molecule is C#CCCc1cc2ccccc2oc1=O. The van der Waals surface area contributed by atoms with Crippen LogP contribution in [0.5, 0.6) is 0 Å². The zero-order valence-electron chi connectivity index (χ0n) is 8.19. The summed E-state index contributed by atoms with van der Waals surface area (Å²) >= 11 is 0. The van der Waals surface area contributed by atoms with Crippen molar-refractivity contribution in [1.82, 2.24) is 0 Å². The molecule has 2 aromatic rings. The van der Waals surface area contributed by atoms with E-state index in [0.29, 0.717) is 24.0 Å². The highest BCUT2D eigenvalue weighted by Crippen LogP contribution is 2.13. The van der Waals surface area contributed by atoms with Crippen LogP contribution in [0.2, 0.25) is 0 Å². The topological polar surface area (TPSA) is 30.2 Å². The number of aryl methyl sites for hydroxylation is 1. The van der Waals surface area contributed by atoms with Crippen molar-refractivity contribution in [2.75, 3.05) is 0 Å². The zero-order chi connectivity index (χ0) is 10.7. The van der Waals surface area contributed by atoms with Gasteiger partial charge in [-0.1, -0.05) is 18.2 Å². The number of rotatable bonds is 2. The van der Waals surface area contributed by atoms with Crippen molar-refractivity contribution in [1.29, 1.82) is 0 Å². The van der Waals surface area contributed by atoms with Crippen molar-refractivity contribution in [2.24, 2.45) is 0 Å². The zero-order valence-corrected chi connectivity index (χ0v) is 8.19. The molecule has 2 heteroatoms. The fourth-order valence-corrected chi connectivity index (χ4v) is 1.49. The number of hydrogen-bond acceptors (Lipinski definition) is 2. The van der Waals surface area contributed by atoms with Crippen molar-refractivity contribution in [3.05, 3.63) is 46.3 Å². The maximum Gasteiger partial charge on any atom is 0.339 e. The van der Waals surface area contributed by atoms with Gasteiger partial charge >= 0.3 is 5.63 Å². The van der Waals surface area contributed by atoms with Gasteiger partial charge in [-0.15, -0.1) is 12.3 Å². The fourth-order valence-electron chi connectivity index (χ4n) is 1.49. The van der Waals surface area contributed by atoms with Crippen LogP contribution < -0.4 is 5.63 Å². The van der Waals surface area contributed by atoms with Gasteiger partial charge < -0.3 is 4.42 Å². The highest BCUT2D eigenvalue weighted by Gasteiger charge is 2.03. The second-order valence-corrected chi connectivity index (χ2v) is 3.30. The summed E-state index contributed by atoms with van der Waals surface area (Å²) in [7, 11) is 0. The third kappa shape index (κ3) is 1.92. The van der Waals surface area contributed by atoms with Crippen LogP contribution in [0.25, 0.3) is 11.0 Å². The molecule has 0 aliphatic carbocycles. The van der Waals surface area contributed by atoms with Crippen molar-refractivity contribution < 1.29 is 4.42 Å². The highest BCUT2D eigenvalue weighted by molar-refractivity contribution is 5.76. The van der Waals surface area contributed by atoms with Gasteiger partial charge in [0.15, 0.2) is 0 Å². The third-order valence-corrected chi connectivity index (χ3v) is 2.25. The van der Waals surface area contributed by atoms with E-state index >= 15 is 0 Å². The van der Waals surface area contributed by atoms with Crippen LogP contribution in [0.1, 0.15) is 12.0 Å². The first-order valence-electron chi connectivity index (χ1n) is 4.76. The summed E-state index contributed by atoms with van der Waals surface area (Å²) in [5.41, 5.74) is 0.975. The van der Waals surface area contributed by atoms with Crippen LogP contribution in [0.3, 0.4) is 0 Å². The van der Waals surface area contributed by atoms with Crippen LogP contribution in [0.4, 0.5) is 0 Å². The van der Waals surface area contributed by atoms with E-state index in [1.165, 1.54) is 0 Å². The first kappa shape index (κ1) is 9.54. The quantitative estimate of drug-likeness (QED) is 0.547. The minimum Gasteiger partial charge on any atom is -0.423 e. The van der Waals surface area contributed by atoms with Gasteiger partial charge in [-0.3, -0.25) is 0 Å². The Morgan fingerprint density at radius 1 is 1.33 bits per heavy atom. The highest BCUT2D eigenvalue weighted by atomic mass is 16.4. The molecule has 74 valence electrons. The molecule has 0 fully saturated rings. The molecule has 0 saturated carbocycles. The molecule has 15 heavy (non-hydrogen) atoms. The number of terminal acetylenes is 1. The lowest BCUT2D eigenvalue weighted by Crippen LogP contribution is -2.06. The molecular weight excluding hydrogens is 188 g/mol. The van der Waals surface area contributed by atoms with Gasteiger partial charge in [-0.2, -0.15) is 0 Å². The Hall–Kier alpha value is -2.01. The van der Waals surface area contributed by atoms with Crippen molar-refractivity contribution in [3.63, 3.8) is 0 Å². The Morgan fingerprint density at radius 2 is 2.13 bits per heavy atom. The molecule has 0 bridgehead atoms. The van der Waals surface area contributed by atoms with E-state index < -0.39 is 0 Å². The van der Waals surface area contributed by atoms with Gasteiger partial charge in [0, 0.05) is 17.4 Å². The molecule has 0 aliphatic heterocycles. The van der Waals surface area contributed by atoms with E-state index in [9.17, 15) is 4.79 Å². The Labute approximate surface area is 87.5 Å². The minimum absolute atomic E-state index is 0.288. The van der Waals surface area contributed by atoms with Crippen LogP contribution in [0.15, 0.2) is 39.5 Å². The molecule has 0 spiro atoms. The lowest BCUT2D eigenvalue weighted by molar-refractivity contribution is 0.550. The van der Waals surface area contributed by atoms with Crippen LogP contribution in [-0.4, -0.2) is 0 Å². The van der Waals surface area contributed by atoms with Crippen LogP contribution in [-0.2, 0) is 6.42 Å². The lowest BCUT2D eigenvalue weighted by atomic mass is 10.1. The molecule has 2 nitrogen and oxygen atoms in total. The second kappa shape index (κ2) is 4.02. The van der Waals surface area contributed by atoms with E-state index in [-0.39, 0.29) is 5.63 Å². The first-order valence-corrected chi connectivity index (χ1v) is 4.76. The number of benzene rings is 1. The van der Waals surface area contributed by atoms with E-state index in [2.05, 4.69) is 5.92 Å². The van der Waals surface area contributed by atoms with Gasteiger partial charge in [0.2, 0.25) is 0 Å². The Balaban J connectivity index is 2.53. The molecule has 1 aromatic carbocycles. The third-order valence-electron chi connectivity index (χ3n) is 2.25. The van der Waals surface area contributed by atoms with Gasteiger partial charge in [-0.05, 0) is 18.6 Å². The molecule has 0 aliphatic rings. The van der Waals surface area contributed by atoms with E-state index in [4.69, 9.17) is 10.8 Å². The normalized spacial score (nSPS) is 10.1. The average Bonchev–Trinajstić information content (AvgIpc) is 2.26. The maximum absolute atomic E-state index is 11.5. The van der Waals surface area contributed by atoms with Gasteiger partial charge in [0.05, 0.1) is 0 Å². The number of para-hydroxylation sites is 1. The molecule has 1 heterocycles. The van der Waals surface area contributed by atoms with Crippen molar-refractivity contribution in [2.45, 2.75) is 12.8 Å². The lowest BCUT2D eigenvalue weighted by Gasteiger charge is -1.99. The monoisotopic (exact) mass is 198 g/mol. The molecule has 1 aromatic heterocycles. The van der Waals surface area contributed by atoms with Gasteiger partial charge in [0.1, 0.15) is 5.58 Å². The van der Waals surface area contributed by atoms with E-state index in [0.717, 1.165) is 5.39 Å². The Bertz CT molecular complexity index is 573. The predicted octanol–water partition coefficient (Wildman–Crippen LogP) is 2.36. The average molecular weight is 198 g/mol. The first-order chi connectivity index (χ1) is 7.31. The summed E-state index contributed by atoms with van der Waals surface area (Å²) < 4.78 is 5.17. The van der Waals surface area contributed by atoms with Gasteiger partial charge in [-0.25, -0.2) is 4.79 Å². The molecule has 0 atom stereocenters. The molecule has 0 N–H and O–H groups in total. The smallest absolute Gasteiger partial charge is 0.339 e. The Kier molecular flexibility index (Phi) is 2.55. The van der Waals surface area contributed by atoms with Crippen molar-refractivity contribution in [3.8, 4) is 12.3 Å². The second-order valence-electron chi connectivity index (χ2n) is 3.30. The standard InChI is InChI=1S/C13H10O2/c1-2-3-6-11-9-10-7-4-5-8-12(10)15-13(11)14/h1,4-5,7-9H,3,6H2. The molecule has 0 radical (unpaired) electrons. The molecule has 0 amide bonds. The number of hydrogen-bond donors (Lipinski definition) is 0. The molecule has 0 unspecified atom stereocenters. The predicted molar refractivity (Wildman–Crippen MR) is 59.6 cm³/mol. The fraction of sp³-hybridized carbons (Fsp3) is 0.154. The summed E-state index contributed by atoms with van der Waals surface area (Å²) in [6.07, 6.45) is 6.29. The number of fused-ring (bicyclic) bond motifs is 1. The maximum atomic E-state index is 11.5. The Morgan fingerprint density at radius 3 is 2.93 bits per heavy atom. The molecular formula is C13H10O2. The molecule has 2 rings (SSSR count). The molecule has 0 saturated heterocycles. The van der Waals surface area contributed by atoms with Crippen LogP contribution >= 0.6 is 0 Å². The van der Waals surface area contributed by atoms with E-state index in [1.807, 2.05) is 24.3 Å². The van der Waals surface area contributed by atoms with Crippen LogP contribution in [0, 0.1) is 12.3 Å². The largest absolute Gasteiger partial charge is 0.423 e. The minimum atomic E-state index is -0.288. The van der Waals surface area contributed by atoms with Gasteiger partial charge in [0.25, 0.3) is 0 Å². The summed E-state index contributed by atoms with van der Waals surface area (Å²) in [4.78, 5) is 11.5. The van der Waals surface area contributed by atoms with Crippen molar-refractivity contribution >= 4 is 11.0 Å².